The number of rotatable bonds is 4. The fourth-order valence-corrected chi connectivity index (χ4v) is 5.09. The monoisotopic (exact) mass is 425 g/mol. The fraction of sp³-hybridized carbons (Fsp3) is 0.318. The second kappa shape index (κ2) is 8.49. The Labute approximate surface area is 178 Å². The average Bonchev–Trinajstić information content (AvgIpc) is 3.09. The minimum atomic E-state index is -1.41. The lowest BCUT2D eigenvalue weighted by molar-refractivity contribution is -0.123. The van der Waals surface area contributed by atoms with Crippen molar-refractivity contribution in [2.45, 2.75) is 30.4 Å². The third-order valence-corrected chi connectivity index (χ3v) is 6.98. The molecule has 156 valence electrons. The predicted octanol–water partition coefficient (Wildman–Crippen LogP) is 1.89. The molecule has 2 heterocycles. The summed E-state index contributed by atoms with van der Waals surface area (Å²) in [5.74, 6) is -0.990. The molecule has 7 nitrogen and oxygen atoms in total. The quantitative estimate of drug-likeness (QED) is 0.757. The minimum Gasteiger partial charge on any atom is -0.611 e. The average molecular weight is 426 g/mol. The van der Waals surface area contributed by atoms with Gasteiger partial charge >= 0.3 is 0 Å². The molecule has 4 atom stereocenters. The standard InChI is InChI=1S/C22H23N3O4S/c1-14-18(12-15-8-4-3-5-9-15)29-24-20(14)21(26)23-16-13-30(28)19-11-7-6-10-17(19)25(2)22(16)27/h3-11,14,16,18H,12-13H2,1-2H3,(H,23,26)/t14?,16-,18?,30-/m0/s1. The lowest BCUT2D eigenvalue weighted by atomic mass is 9.94. The highest BCUT2D eigenvalue weighted by atomic mass is 32.2. The van der Waals surface area contributed by atoms with Crippen LogP contribution in [0.2, 0.25) is 0 Å². The molecule has 0 saturated carbocycles. The molecule has 2 aromatic carbocycles. The zero-order chi connectivity index (χ0) is 21.3. The van der Waals surface area contributed by atoms with Gasteiger partial charge in [-0.15, -0.1) is 0 Å². The summed E-state index contributed by atoms with van der Waals surface area (Å²) in [4.78, 5) is 33.3. The summed E-state index contributed by atoms with van der Waals surface area (Å²) in [5.41, 5.74) is 1.94. The zero-order valence-electron chi connectivity index (χ0n) is 16.8. The zero-order valence-corrected chi connectivity index (χ0v) is 17.6. The molecule has 2 unspecified atom stereocenters. The van der Waals surface area contributed by atoms with Crippen molar-refractivity contribution in [1.29, 1.82) is 0 Å². The van der Waals surface area contributed by atoms with E-state index in [1.165, 1.54) is 4.90 Å². The number of oxime groups is 1. The second-order valence-electron chi connectivity index (χ2n) is 7.50. The Hall–Kier alpha value is -2.84. The van der Waals surface area contributed by atoms with Gasteiger partial charge in [0.1, 0.15) is 11.9 Å². The molecular formula is C22H23N3O4S. The smallest absolute Gasteiger partial charge is 0.270 e. The summed E-state index contributed by atoms with van der Waals surface area (Å²) in [6.45, 7) is 1.88. The molecule has 0 radical (unpaired) electrons. The highest BCUT2D eigenvalue weighted by Gasteiger charge is 2.40. The number of hydrogen-bond acceptors (Lipinski definition) is 5. The van der Waals surface area contributed by atoms with Gasteiger partial charge in [0.25, 0.3) is 11.8 Å². The molecule has 4 rings (SSSR count). The molecule has 0 aliphatic carbocycles. The fourth-order valence-electron chi connectivity index (χ4n) is 3.71. The van der Waals surface area contributed by atoms with Crippen LogP contribution < -0.4 is 10.2 Å². The van der Waals surface area contributed by atoms with Crippen molar-refractivity contribution in [3.63, 3.8) is 0 Å². The third-order valence-electron chi connectivity index (χ3n) is 5.51. The predicted molar refractivity (Wildman–Crippen MR) is 115 cm³/mol. The van der Waals surface area contributed by atoms with E-state index in [1.54, 1.807) is 31.3 Å². The van der Waals surface area contributed by atoms with Crippen LogP contribution in [0.5, 0.6) is 0 Å². The number of para-hydroxylation sites is 1. The van der Waals surface area contributed by atoms with Gasteiger partial charge < -0.3 is 19.6 Å². The summed E-state index contributed by atoms with van der Waals surface area (Å²) in [7, 11) is 1.62. The van der Waals surface area contributed by atoms with Gasteiger partial charge in [0.15, 0.2) is 16.6 Å². The molecule has 2 aliphatic rings. The largest absolute Gasteiger partial charge is 0.611 e. The van der Waals surface area contributed by atoms with Crippen molar-refractivity contribution >= 4 is 34.4 Å². The normalized spacial score (nSPS) is 25.8. The highest BCUT2D eigenvalue weighted by Crippen LogP contribution is 2.29. The van der Waals surface area contributed by atoms with Gasteiger partial charge in [0.2, 0.25) is 0 Å². The van der Waals surface area contributed by atoms with Crippen molar-refractivity contribution in [2.24, 2.45) is 11.1 Å². The number of hydrogen-bond donors (Lipinski definition) is 1. The van der Waals surface area contributed by atoms with E-state index in [9.17, 15) is 14.1 Å². The third kappa shape index (κ3) is 3.93. The second-order valence-corrected chi connectivity index (χ2v) is 8.97. The van der Waals surface area contributed by atoms with Gasteiger partial charge in [0.05, 0.1) is 5.69 Å². The molecule has 2 amide bonds. The Bertz CT molecular complexity index is 981. The Kier molecular flexibility index (Phi) is 5.78. The van der Waals surface area contributed by atoms with E-state index in [1.807, 2.05) is 37.3 Å². The van der Waals surface area contributed by atoms with E-state index in [0.29, 0.717) is 17.0 Å². The number of likely N-dealkylation sites (N-methyl/N-ethyl adjacent to an activating group) is 1. The van der Waals surface area contributed by atoms with E-state index in [0.717, 1.165) is 5.56 Å². The maximum absolute atomic E-state index is 12.9. The lowest BCUT2D eigenvalue weighted by Crippen LogP contribution is -2.52. The first-order valence-corrected chi connectivity index (χ1v) is 11.1. The highest BCUT2D eigenvalue weighted by molar-refractivity contribution is 7.91. The Balaban J connectivity index is 1.44. The molecule has 0 spiro atoms. The van der Waals surface area contributed by atoms with Crippen LogP contribution in [-0.4, -0.2) is 47.0 Å². The first-order valence-electron chi connectivity index (χ1n) is 9.79. The van der Waals surface area contributed by atoms with Gasteiger partial charge in [-0.05, 0) is 28.9 Å². The molecule has 0 aromatic heterocycles. The number of carbonyl (C=O) groups is 2. The van der Waals surface area contributed by atoms with Crippen LogP contribution in [0.4, 0.5) is 5.69 Å². The first kappa shape index (κ1) is 20.4. The van der Waals surface area contributed by atoms with Gasteiger partial charge in [0, 0.05) is 19.4 Å². The van der Waals surface area contributed by atoms with Gasteiger partial charge in [-0.3, -0.25) is 9.59 Å². The minimum absolute atomic E-state index is 0.0158. The number of amides is 2. The summed E-state index contributed by atoms with van der Waals surface area (Å²) in [6, 6.07) is 16.0. The van der Waals surface area contributed by atoms with E-state index in [-0.39, 0.29) is 29.4 Å². The van der Waals surface area contributed by atoms with Gasteiger partial charge in [-0.2, -0.15) is 0 Å². The molecule has 8 heteroatoms. The molecule has 30 heavy (non-hydrogen) atoms. The summed E-state index contributed by atoms with van der Waals surface area (Å²) < 4.78 is 12.8. The molecule has 1 N–H and O–H groups in total. The van der Waals surface area contributed by atoms with Crippen LogP contribution in [-0.2, 0) is 32.0 Å². The molecule has 0 saturated heterocycles. The van der Waals surface area contributed by atoms with Crippen molar-refractivity contribution < 1.29 is 19.0 Å². The van der Waals surface area contributed by atoms with Crippen LogP contribution in [0.25, 0.3) is 0 Å². The van der Waals surface area contributed by atoms with Crippen LogP contribution in [0, 0.1) is 5.92 Å². The van der Waals surface area contributed by atoms with Crippen LogP contribution in [0.1, 0.15) is 12.5 Å². The van der Waals surface area contributed by atoms with E-state index >= 15 is 0 Å². The van der Waals surface area contributed by atoms with E-state index in [4.69, 9.17) is 4.84 Å². The van der Waals surface area contributed by atoms with Crippen molar-refractivity contribution in [3.05, 3.63) is 60.2 Å². The number of benzene rings is 2. The number of anilines is 1. The molecule has 2 aliphatic heterocycles. The maximum Gasteiger partial charge on any atom is 0.270 e. The lowest BCUT2D eigenvalue weighted by Gasteiger charge is -2.20. The number of fused-ring (bicyclic) bond motifs is 1. The summed E-state index contributed by atoms with van der Waals surface area (Å²) in [6.07, 6.45) is 0.381. The summed E-state index contributed by atoms with van der Waals surface area (Å²) >= 11 is -1.41. The van der Waals surface area contributed by atoms with Gasteiger partial charge in [-0.1, -0.05) is 54.5 Å². The summed E-state index contributed by atoms with van der Waals surface area (Å²) in [5, 5.41) is 6.72. The van der Waals surface area contributed by atoms with Crippen molar-refractivity contribution in [1.82, 2.24) is 5.32 Å². The molecule has 0 bridgehead atoms. The molecule has 2 aromatic rings. The van der Waals surface area contributed by atoms with Gasteiger partial charge in [-0.25, -0.2) is 0 Å². The van der Waals surface area contributed by atoms with E-state index in [2.05, 4.69) is 10.5 Å². The van der Waals surface area contributed by atoms with E-state index < -0.39 is 23.1 Å². The Morgan fingerprint density at radius 1 is 1.23 bits per heavy atom. The van der Waals surface area contributed by atoms with Crippen LogP contribution in [0.15, 0.2) is 64.6 Å². The van der Waals surface area contributed by atoms with Crippen LogP contribution in [0.3, 0.4) is 0 Å². The molecule has 0 fully saturated rings. The topological polar surface area (TPSA) is 94.1 Å². The first-order chi connectivity index (χ1) is 14.5. The Morgan fingerprint density at radius 2 is 1.93 bits per heavy atom. The van der Waals surface area contributed by atoms with Crippen LogP contribution >= 0.6 is 0 Å². The number of nitrogens with one attached hydrogen (secondary N) is 1. The number of carbonyl (C=O) groups excluding carboxylic acids is 2. The van der Waals surface area contributed by atoms with Crippen molar-refractivity contribution in [3.8, 4) is 0 Å². The molecular weight excluding hydrogens is 402 g/mol. The SMILES string of the molecule is CC1C(C(=O)N[C@H]2C[S@+]([O-])c3ccccc3N(C)C2=O)=NOC1Cc1ccccc1. The number of nitrogens with zero attached hydrogens (tertiary/aromatic N) is 2. The van der Waals surface area contributed by atoms with Crippen molar-refractivity contribution in [2.75, 3.05) is 17.7 Å². The Morgan fingerprint density at radius 3 is 2.70 bits per heavy atom. The maximum atomic E-state index is 12.9.